The molecule has 9 heteroatoms. The predicted octanol–water partition coefficient (Wildman–Crippen LogP) is 2.79. The van der Waals surface area contributed by atoms with Crippen LogP contribution in [0.5, 0.6) is 0 Å². The molecule has 1 saturated heterocycles. The van der Waals surface area contributed by atoms with E-state index in [1.165, 1.54) is 18.2 Å². The molecule has 0 aliphatic carbocycles. The molecule has 1 fully saturated rings. The Kier molecular flexibility index (Phi) is 5.01. The van der Waals surface area contributed by atoms with Crippen molar-refractivity contribution in [3.8, 4) is 0 Å². The lowest BCUT2D eigenvalue weighted by Crippen LogP contribution is -2.29. The molecule has 1 heterocycles. The van der Waals surface area contributed by atoms with Crippen LogP contribution in [0.4, 0.5) is 11.4 Å². The Hall–Kier alpha value is -2.39. The number of nitrogens with zero attached hydrogens (tertiary/aromatic N) is 1. The van der Waals surface area contributed by atoms with Crippen molar-refractivity contribution in [1.29, 1.82) is 0 Å². The van der Waals surface area contributed by atoms with Crippen molar-refractivity contribution in [3.63, 3.8) is 0 Å². The van der Waals surface area contributed by atoms with E-state index in [-0.39, 0.29) is 22.8 Å². The van der Waals surface area contributed by atoms with Crippen LogP contribution in [0.2, 0.25) is 0 Å². The average Bonchev–Trinajstić information content (AvgIpc) is 2.85. The predicted molar refractivity (Wildman–Crippen MR) is 109 cm³/mol. The number of hydrogen-bond acceptors (Lipinski definition) is 5. The number of benzene rings is 2. The molecule has 0 spiro atoms. The zero-order valence-electron chi connectivity index (χ0n) is 16.1. The van der Waals surface area contributed by atoms with Crippen LogP contribution in [0, 0.1) is 27.7 Å². The van der Waals surface area contributed by atoms with Gasteiger partial charge in [-0.3, -0.25) is 9.52 Å². The molecule has 1 aliphatic rings. The van der Waals surface area contributed by atoms with Crippen molar-refractivity contribution in [3.05, 3.63) is 52.6 Å². The Morgan fingerprint density at radius 2 is 1.57 bits per heavy atom. The topological polar surface area (TPSA) is 101 Å². The summed E-state index contributed by atoms with van der Waals surface area (Å²) in [5.41, 5.74) is 3.56. The average molecular weight is 423 g/mol. The van der Waals surface area contributed by atoms with Crippen LogP contribution in [0.3, 0.4) is 0 Å². The van der Waals surface area contributed by atoms with E-state index in [0.29, 0.717) is 15.6 Å². The fourth-order valence-electron chi connectivity index (χ4n) is 3.40. The maximum Gasteiger partial charge on any atom is 0.262 e. The molecule has 7 nitrogen and oxygen atoms in total. The third-order valence-electron chi connectivity index (χ3n) is 4.69. The molecule has 0 bridgehead atoms. The Labute approximate surface area is 165 Å². The van der Waals surface area contributed by atoms with E-state index in [1.54, 1.807) is 6.92 Å². The lowest BCUT2D eigenvalue weighted by atomic mass is 10.1. The maximum absolute atomic E-state index is 13.1. The first-order valence-corrected chi connectivity index (χ1v) is 11.8. The summed E-state index contributed by atoms with van der Waals surface area (Å²) < 4.78 is 53.8. The minimum absolute atomic E-state index is 0.0332. The molecule has 150 valence electrons. The van der Waals surface area contributed by atoms with Gasteiger partial charge in [-0.2, -0.15) is 0 Å². The second-order valence-electron chi connectivity index (χ2n) is 7.05. The van der Waals surface area contributed by atoms with Gasteiger partial charge in [0.1, 0.15) is 0 Å². The highest BCUT2D eigenvalue weighted by molar-refractivity contribution is 7.94. The standard InChI is InChI=1S/C19H22N2O5S2/c1-12-9-14(3)19(15(4)10-12)20-28(25,26)17-11-16(6-5-13(17)2)21-18(22)7-8-27(21,23)24/h5-6,9-11,20H,7-8H2,1-4H3. The number of carbonyl (C=O) groups excluding carboxylic acids is 1. The molecule has 3 rings (SSSR count). The van der Waals surface area contributed by atoms with Crippen LogP contribution >= 0.6 is 0 Å². The minimum atomic E-state index is -3.99. The van der Waals surface area contributed by atoms with Crippen LogP contribution in [0.25, 0.3) is 0 Å². The number of amides is 1. The van der Waals surface area contributed by atoms with Crippen molar-refractivity contribution >= 4 is 37.3 Å². The Morgan fingerprint density at radius 3 is 2.11 bits per heavy atom. The zero-order chi connectivity index (χ0) is 20.9. The number of sulfonamides is 2. The molecule has 0 unspecified atom stereocenters. The molecular weight excluding hydrogens is 400 g/mol. The summed E-state index contributed by atoms with van der Waals surface area (Å²) in [7, 11) is -7.76. The number of hydrogen-bond donors (Lipinski definition) is 1. The SMILES string of the molecule is Cc1cc(C)c(NS(=O)(=O)c2cc(N3C(=O)CCS3(=O)=O)ccc2C)c(C)c1. The smallest absolute Gasteiger partial charge is 0.262 e. The van der Waals surface area contributed by atoms with Gasteiger partial charge in [0.05, 0.1) is 22.0 Å². The molecule has 2 aromatic rings. The quantitative estimate of drug-likeness (QED) is 0.817. The fraction of sp³-hybridized carbons (Fsp3) is 0.316. The van der Waals surface area contributed by atoms with Crippen LogP contribution in [-0.4, -0.2) is 28.5 Å². The lowest BCUT2D eigenvalue weighted by molar-refractivity contribution is -0.116. The summed E-state index contributed by atoms with van der Waals surface area (Å²) in [5.74, 6) is -0.840. The normalized spacial score (nSPS) is 16.4. The second kappa shape index (κ2) is 6.89. The van der Waals surface area contributed by atoms with Crippen molar-refractivity contribution in [2.45, 2.75) is 39.0 Å². The molecular formula is C19H22N2O5S2. The molecule has 0 aromatic heterocycles. The van der Waals surface area contributed by atoms with Crippen LogP contribution in [0.15, 0.2) is 35.2 Å². The van der Waals surface area contributed by atoms with Gasteiger partial charge in [0.2, 0.25) is 15.9 Å². The highest BCUT2D eigenvalue weighted by Crippen LogP contribution is 2.31. The number of nitrogens with one attached hydrogen (secondary N) is 1. The van der Waals surface area contributed by atoms with Crippen molar-refractivity contribution in [2.75, 3.05) is 14.8 Å². The van der Waals surface area contributed by atoms with Gasteiger partial charge >= 0.3 is 0 Å². The second-order valence-corrected chi connectivity index (χ2v) is 10.6. The molecule has 1 amide bonds. The molecule has 0 radical (unpaired) electrons. The number of aryl methyl sites for hydroxylation is 4. The number of anilines is 2. The third-order valence-corrected chi connectivity index (χ3v) is 7.87. The van der Waals surface area contributed by atoms with E-state index >= 15 is 0 Å². The Balaban J connectivity index is 2.07. The van der Waals surface area contributed by atoms with E-state index in [2.05, 4.69) is 4.72 Å². The van der Waals surface area contributed by atoms with Gasteiger partial charge in [0.15, 0.2) is 0 Å². The highest BCUT2D eigenvalue weighted by Gasteiger charge is 2.37. The molecule has 2 aromatic carbocycles. The largest absolute Gasteiger partial charge is 0.279 e. The summed E-state index contributed by atoms with van der Waals surface area (Å²) in [5, 5.41) is 0. The van der Waals surface area contributed by atoms with Crippen molar-refractivity contribution in [2.24, 2.45) is 0 Å². The summed E-state index contributed by atoms with van der Waals surface area (Å²) in [6.07, 6.45) is -0.113. The van der Waals surface area contributed by atoms with E-state index in [9.17, 15) is 21.6 Å². The van der Waals surface area contributed by atoms with Gasteiger partial charge in [-0.15, -0.1) is 0 Å². The maximum atomic E-state index is 13.1. The van der Waals surface area contributed by atoms with Gasteiger partial charge in [-0.1, -0.05) is 23.8 Å². The van der Waals surface area contributed by atoms with E-state index in [0.717, 1.165) is 16.7 Å². The van der Waals surface area contributed by atoms with Crippen molar-refractivity contribution < 1.29 is 21.6 Å². The van der Waals surface area contributed by atoms with Crippen LogP contribution < -0.4 is 9.03 Å². The number of carbonyl (C=O) groups is 1. The first-order valence-electron chi connectivity index (χ1n) is 8.69. The van der Waals surface area contributed by atoms with E-state index < -0.39 is 26.0 Å². The molecule has 1 aliphatic heterocycles. The van der Waals surface area contributed by atoms with Crippen molar-refractivity contribution in [1.82, 2.24) is 0 Å². The zero-order valence-corrected chi connectivity index (χ0v) is 17.7. The first kappa shape index (κ1) is 20.3. The molecule has 28 heavy (non-hydrogen) atoms. The summed E-state index contributed by atoms with van der Waals surface area (Å²) in [4.78, 5) is 12.0. The molecule has 0 atom stereocenters. The lowest BCUT2D eigenvalue weighted by Gasteiger charge is -2.19. The summed E-state index contributed by atoms with van der Waals surface area (Å²) >= 11 is 0. The summed E-state index contributed by atoms with van der Waals surface area (Å²) in [6.45, 7) is 7.18. The Bertz CT molecular complexity index is 1160. The van der Waals surface area contributed by atoms with Gasteiger partial charge in [-0.05, 0) is 56.5 Å². The van der Waals surface area contributed by atoms with Gasteiger partial charge in [0, 0.05) is 6.42 Å². The van der Waals surface area contributed by atoms with E-state index in [4.69, 9.17) is 0 Å². The van der Waals surface area contributed by atoms with Crippen LogP contribution in [-0.2, 0) is 24.8 Å². The highest BCUT2D eigenvalue weighted by atomic mass is 32.2. The molecule has 0 saturated carbocycles. The summed E-state index contributed by atoms with van der Waals surface area (Å²) in [6, 6.07) is 7.93. The van der Waals surface area contributed by atoms with Gasteiger partial charge in [0.25, 0.3) is 10.0 Å². The van der Waals surface area contributed by atoms with E-state index in [1.807, 2.05) is 32.9 Å². The van der Waals surface area contributed by atoms with Gasteiger partial charge < -0.3 is 0 Å². The van der Waals surface area contributed by atoms with Crippen LogP contribution in [0.1, 0.15) is 28.7 Å². The van der Waals surface area contributed by atoms with Gasteiger partial charge in [-0.25, -0.2) is 21.1 Å². The first-order chi connectivity index (χ1) is 12.9. The minimum Gasteiger partial charge on any atom is -0.279 e. The third kappa shape index (κ3) is 3.64. The monoisotopic (exact) mass is 422 g/mol. The number of rotatable bonds is 4. The Morgan fingerprint density at radius 1 is 0.964 bits per heavy atom. The molecule has 1 N–H and O–H groups in total. The fourth-order valence-corrected chi connectivity index (χ4v) is 6.32.